The standard InChI is InChI=1S/C17H20FN3O2/c1-11-10-19-21(12-6-3-4-7-12)16(11)20-17(22)15-13(18)8-5-9-14(15)23-2/h5,8-10,12H,3-4,6-7H2,1-2H3,(H,20,22). The number of hydrogen-bond acceptors (Lipinski definition) is 3. The number of benzene rings is 1. The van der Waals surface area contributed by atoms with Gasteiger partial charge in [0.1, 0.15) is 22.9 Å². The molecule has 0 atom stereocenters. The Labute approximate surface area is 134 Å². The van der Waals surface area contributed by atoms with Crippen LogP contribution in [-0.2, 0) is 0 Å². The summed E-state index contributed by atoms with van der Waals surface area (Å²) in [4.78, 5) is 12.6. The Morgan fingerprint density at radius 3 is 2.83 bits per heavy atom. The first-order chi connectivity index (χ1) is 11.1. The van der Waals surface area contributed by atoms with E-state index in [2.05, 4.69) is 10.4 Å². The maximum Gasteiger partial charge on any atom is 0.263 e. The zero-order valence-electron chi connectivity index (χ0n) is 13.3. The maximum absolute atomic E-state index is 14.1. The number of rotatable bonds is 4. The molecule has 1 aromatic carbocycles. The van der Waals surface area contributed by atoms with Crippen molar-refractivity contribution in [1.29, 1.82) is 0 Å². The lowest BCUT2D eigenvalue weighted by Gasteiger charge is -2.16. The first kappa shape index (κ1) is 15.5. The predicted octanol–water partition coefficient (Wildman–Crippen LogP) is 3.71. The van der Waals surface area contributed by atoms with E-state index in [0.717, 1.165) is 31.2 Å². The number of carbonyl (C=O) groups is 1. The van der Waals surface area contributed by atoms with Crippen molar-refractivity contribution >= 4 is 11.7 Å². The second kappa shape index (κ2) is 6.40. The van der Waals surface area contributed by atoms with E-state index in [0.29, 0.717) is 11.9 Å². The lowest BCUT2D eigenvalue weighted by molar-refractivity contribution is 0.101. The molecule has 2 aromatic rings. The van der Waals surface area contributed by atoms with Gasteiger partial charge in [0.2, 0.25) is 0 Å². The summed E-state index contributed by atoms with van der Waals surface area (Å²) in [6.07, 6.45) is 6.16. The molecule has 0 saturated heterocycles. The fourth-order valence-corrected chi connectivity index (χ4v) is 3.09. The SMILES string of the molecule is COc1cccc(F)c1C(=O)Nc1c(C)cnn1C1CCCC1. The van der Waals surface area contributed by atoms with Gasteiger partial charge in [0, 0.05) is 5.56 Å². The molecule has 0 unspecified atom stereocenters. The van der Waals surface area contributed by atoms with E-state index in [1.54, 1.807) is 12.3 Å². The molecule has 122 valence electrons. The number of carbonyl (C=O) groups excluding carboxylic acids is 1. The third kappa shape index (κ3) is 2.93. The van der Waals surface area contributed by atoms with Crippen molar-refractivity contribution in [3.05, 3.63) is 41.3 Å². The minimum atomic E-state index is -0.605. The van der Waals surface area contributed by atoms with Crippen molar-refractivity contribution in [3.63, 3.8) is 0 Å². The molecule has 1 aliphatic carbocycles. The number of ether oxygens (including phenoxy) is 1. The normalized spacial score (nSPS) is 14.9. The summed E-state index contributed by atoms with van der Waals surface area (Å²) in [5, 5.41) is 7.20. The molecule has 23 heavy (non-hydrogen) atoms. The second-order valence-corrected chi connectivity index (χ2v) is 5.83. The van der Waals surface area contributed by atoms with Crippen LogP contribution in [-0.4, -0.2) is 22.8 Å². The Kier molecular flexibility index (Phi) is 4.32. The molecule has 6 heteroatoms. The summed E-state index contributed by atoms with van der Waals surface area (Å²) in [6, 6.07) is 4.62. The largest absolute Gasteiger partial charge is 0.496 e. The van der Waals surface area contributed by atoms with Crippen molar-refractivity contribution in [1.82, 2.24) is 9.78 Å². The number of nitrogens with one attached hydrogen (secondary N) is 1. The van der Waals surface area contributed by atoms with Gasteiger partial charge in [-0.1, -0.05) is 18.9 Å². The third-order valence-electron chi connectivity index (χ3n) is 4.30. The zero-order chi connectivity index (χ0) is 16.4. The van der Waals surface area contributed by atoms with E-state index in [1.807, 2.05) is 11.6 Å². The summed E-state index contributed by atoms with van der Waals surface area (Å²) >= 11 is 0. The van der Waals surface area contributed by atoms with Crippen LogP contribution in [0.5, 0.6) is 5.75 Å². The molecule has 1 aromatic heterocycles. The average Bonchev–Trinajstić information content (AvgIpc) is 3.17. The lowest BCUT2D eigenvalue weighted by atomic mass is 10.1. The molecular formula is C17H20FN3O2. The highest BCUT2D eigenvalue weighted by molar-refractivity contribution is 6.06. The lowest BCUT2D eigenvalue weighted by Crippen LogP contribution is -2.20. The van der Waals surface area contributed by atoms with Crippen molar-refractivity contribution in [2.75, 3.05) is 12.4 Å². The summed E-state index contributed by atoms with van der Waals surface area (Å²) in [5.74, 6) is -0.284. The number of methoxy groups -OCH3 is 1. The van der Waals surface area contributed by atoms with Gasteiger partial charge in [-0.05, 0) is 31.9 Å². The van der Waals surface area contributed by atoms with Crippen LogP contribution in [0.25, 0.3) is 0 Å². The Morgan fingerprint density at radius 1 is 1.39 bits per heavy atom. The summed E-state index contributed by atoms with van der Waals surface area (Å²) in [6.45, 7) is 1.88. The molecule has 0 radical (unpaired) electrons. The summed E-state index contributed by atoms with van der Waals surface area (Å²) in [7, 11) is 1.42. The van der Waals surface area contributed by atoms with Crippen LogP contribution in [0.2, 0.25) is 0 Å². The van der Waals surface area contributed by atoms with Gasteiger partial charge < -0.3 is 10.1 Å². The highest BCUT2D eigenvalue weighted by Crippen LogP contribution is 2.33. The van der Waals surface area contributed by atoms with Gasteiger partial charge in [-0.25, -0.2) is 9.07 Å². The smallest absolute Gasteiger partial charge is 0.263 e. The molecule has 0 spiro atoms. The highest BCUT2D eigenvalue weighted by Gasteiger charge is 2.24. The van der Waals surface area contributed by atoms with Crippen LogP contribution >= 0.6 is 0 Å². The van der Waals surface area contributed by atoms with Gasteiger partial charge in [-0.2, -0.15) is 5.10 Å². The number of hydrogen-bond donors (Lipinski definition) is 1. The first-order valence-electron chi connectivity index (χ1n) is 7.79. The number of aromatic nitrogens is 2. The fourth-order valence-electron chi connectivity index (χ4n) is 3.09. The molecule has 1 saturated carbocycles. The number of nitrogens with zero attached hydrogens (tertiary/aromatic N) is 2. The van der Waals surface area contributed by atoms with Crippen LogP contribution in [0.3, 0.4) is 0 Å². The molecule has 3 rings (SSSR count). The van der Waals surface area contributed by atoms with Gasteiger partial charge in [0.05, 0.1) is 19.3 Å². The van der Waals surface area contributed by atoms with Gasteiger partial charge in [-0.15, -0.1) is 0 Å². The minimum absolute atomic E-state index is 0.0893. The molecule has 1 heterocycles. The Bertz CT molecular complexity index is 721. The number of halogens is 1. The average molecular weight is 317 g/mol. The maximum atomic E-state index is 14.1. The number of anilines is 1. The van der Waals surface area contributed by atoms with Crippen LogP contribution < -0.4 is 10.1 Å². The Hall–Kier alpha value is -2.37. The van der Waals surface area contributed by atoms with Gasteiger partial charge >= 0.3 is 0 Å². The van der Waals surface area contributed by atoms with E-state index in [9.17, 15) is 9.18 Å². The Morgan fingerprint density at radius 2 is 2.13 bits per heavy atom. The monoisotopic (exact) mass is 317 g/mol. The van der Waals surface area contributed by atoms with Gasteiger partial charge in [0.15, 0.2) is 0 Å². The molecule has 1 amide bonds. The van der Waals surface area contributed by atoms with Crippen LogP contribution in [0.4, 0.5) is 10.2 Å². The van der Waals surface area contributed by atoms with E-state index in [4.69, 9.17) is 4.74 Å². The Balaban J connectivity index is 1.91. The molecule has 1 N–H and O–H groups in total. The third-order valence-corrected chi connectivity index (χ3v) is 4.30. The van der Waals surface area contributed by atoms with Gasteiger partial charge in [0.25, 0.3) is 5.91 Å². The molecule has 5 nitrogen and oxygen atoms in total. The molecule has 0 bridgehead atoms. The minimum Gasteiger partial charge on any atom is -0.496 e. The van der Waals surface area contributed by atoms with E-state index >= 15 is 0 Å². The summed E-state index contributed by atoms with van der Waals surface area (Å²) in [5.41, 5.74) is 0.772. The molecule has 1 aliphatic rings. The highest BCUT2D eigenvalue weighted by atomic mass is 19.1. The van der Waals surface area contributed by atoms with Crippen LogP contribution in [0.15, 0.2) is 24.4 Å². The van der Waals surface area contributed by atoms with Crippen LogP contribution in [0.1, 0.15) is 47.6 Å². The first-order valence-corrected chi connectivity index (χ1v) is 7.79. The zero-order valence-corrected chi connectivity index (χ0v) is 13.3. The fraction of sp³-hybridized carbons (Fsp3) is 0.412. The van der Waals surface area contributed by atoms with Crippen molar-refractivity contribution in [2.24, 2.45) is 0 Å². The predicted molar refractivity (Wildman–Crippen MR) is 85.4 cm³/mol. The van der Waals surface area contributed by atoms with Crippen molar-refractivity contribution in [3.8, 4) is 5.75 Å². The van der Waals surface area contributed by atoms with Crippen molar-refractivity contribution in [2.45, 2.75) is 38.6 Å². The number of aryl methyl sites for hydroxylation is 1. The quantitative estimate of drug-likeness (QED) is 0.935. The number of amides is 1. The molecule has 0 aliphatic heterocycles. The van der Waals surface area contributed by atoms with E-state index in [-0.39, 0.29) is 11.3 Å². The van der Waals surface area contributed by atoms with Gasteiger partial charge in [-0.3, -0.25) is 4.79 Å². The van der Waals surface area contributed by atoms with E-state index < -0.39 is 11.7 Å². The summed E-state index contributed by atoms with van der Waals surface area (Å²) < 4.78 is 21.0. The molecule has 1 fully saturated rings. The second-order valence-electron chi connectivity index (χ2n) is 5.83. The van der Waals surface area contributed by atoms with E-state index in [1.165, 1.54) is 19.2 Å². The van der Waals surface area contributed by atoms with Crippen LogP contribution in [0, 0.1) is 12.7 Å². The topological polar surface area (TPSA) is 56.1 Å². The molecular weight excluding hydrogens is 297 g/mol. The van der Waals surface area contributed by atoms with Crippen molar-refractivity contribution < 1.29 is 13.9 Å².